The van der Waals surface area contributed by atoms with Gasteiger partial charge in [0.2, 0.25) is 0 Å². The van der Waals surface area contributed by atoms with Gasteiger partial charge in [0.05, 0.1) is 6.54 Å². The second kappa shape index (κ2) is 5.46. The largest absolute Gasteiger partial charge is 0.370 e. The van der Waals surface area contributed by atoms with E-state index in [-0.39, 0.29) is 0 Å². The quantitative estimate of drug-likeness (QED) is 0.663. The van der Waals surface area contributed by atoms with Crippen molar-refractivity contribution in [2.45, 2.75) is 58.0 Å². The fourth-order valence-electron chi connectivity index (χ4n) is 1.46. The number of alkyl halides is 6. The van der Waals surface area contributed by atoms with Crippen molar-refractivity contribution in [1.82, 2.24) is 4.90 Å². The van der Waals surface area contributed by atoms with Crippen LogP contribution in [0.3, 0.4) is 0 Å². The minimum absolute atomic E-state index is 0.436. The van der Waals surface area contributed by atoms with Crippen molar-refractivity contribution in [1.29, 1.82) is 0 Å². The summed E-state index contributed by atoms with van der Waals surface area (Å²) in [6.45, 7) is 4.76. The van der Waals surface area contributed by atoms with Gasteiger partial charge >= 0.3 is 18.3 Å². The van der Waals surface area contributed by atoms with Crippen LogP contribution in [0.25, 0.3) is 0 Å². The van der Waals surface area contributed by atoms with Gasteiger partial charge in [-0.05, 0) is 27.7 Å². The molecule has 0 radical (unpaired) electrons. The Morgan fingerprint density at radius 2 is 1.24 bits per heavy atom. The molecule has 0 heterocycles. The van der Waals surface area contributed by atoms with Crippen LogP contribution in [-0.2, 0) is 0 Å². The lowest BCUT2D eigenvalue weighted by atomic mass is 10.1. The van der Waals surface area contributed by atoms with Crippen molar-refractivity contribution in [2.24, 2.45) is 0 Å². The van der Waals surface area contributed by atoms with Crippen molar-refractivity contribution in [3.05, 3.63) is 0 Å². The van der Waals surface area contributed by atoms with E-state index in [0.717, 1.165) is 4.90 Å². The van der Waals surface area contributed by atoms with Crippen molar-refractivity contribution >= 4 is 0 Å². The van der Waals surface area contributed by atoms with Crippen molar-refractivity contribution < 1.29 is 26.3 Å². The summed E-state index contributed by atoms with van der Waals surface area (Å²) in [5, 5.41) is 0. The zero-order valence-electron chi connectivity index (χ0n) is 10.2. The maximum atomic E-state index is 13.2. The molecule has 0 saturated carbocycles. The molecule has 0 atom stereocenters. The van der Waals surface area contributed by atoms with E-state index in [2.05, 4.69) is 0 Å². The molecule has 0 aliphatic heterocycles. The summed E-state index contributed by atoms with van der Waals surface area (Å²) in [5.41, 5.74) is 0. The molecular formula is C10H17F6N. The van der Waals surface area contributed by atoms with Crippen LogP contribution < -0.4 is 0 Å². The molecule has 0 unspecified atom stereocenters. The Balaban J connectivity index is 4.96. The Morgan fingerprint density at radius 3 is 1.47 bits per heavy atom. The molecular weight excluding hydrogens is 248 g/mol. The first-order valence-corrected chi connectivity index (χ1v) is 5.23. The molecule has 0 aliphatic rings. The van der Waals surface area contributed by atoms with Crippen LogP contribution >= 0.6 is 0 Å². The van der Waals surface area contributed by atoms with Gasteiger partial charge in [-0.15, -0.1) is 0 Å². The predicted octanol–water partition coefficient (Wildman–Crippen LogP) is 3.64. The maximum absolute atomic E-state index is 13.2. The fraction of sp³-hybridized carbons (Fsp3) is 1.00. The lowest BCUT2D eigenvalue weighted by molar-refractivity contribution is -0.270. The molecule has 7 heteroatoms. The first kappa shape index (κ1) is 16.5. The molecule has 0 aliphatic carbocycles. The summed E-state index contributed by atoms with van der Waals surface area (Å²) < 4.78 is 75.5. The van der Waals surface area contributed by atoms with E-state index in [1.807, 2.05) is 0 Å². The van der Waals surface area contributed by atoms with Crippen LogP contribution in [0, 0.1) is 0 Å². The normalized spacial score (nSPS) is 14.5. The monoisotopic (exact) mass is 265 g/mol. The maximum Gasteiger partial charge on any atom is 0.370 e. The van der Waals surface area contributed by atoms with Crippen LogP contribution in [0.15, 0.2) is 0 Å². The minimum atomic E-state index is -5.31. The standard InChI is InChI=1S/C10H17F6N/c1-6(2)17(7(3)4)5-9(13,14)10(15,16)8(11)12/h6-8H,5H2,1-4H3. The highest BCUT2D eigenvalue weighted by molar-refractivity contribution is 4.90. The number of halogens is 6. The molecule has 104 valence electrons. The first-order chi connectivity index (χ1) is 7.43. The number of hydrogen-bond donors (Lipinski definition) is 0. The van der Waals surface area contributed by atoms with Crippen molar-refractivity contribution in [3.8, 4) is 0 Å². The van der Waals surface area contributed by atoms with E-state index in [9.17, 15) is 26.3 Å². The molecule has 1 nitrogen and oxygen atoms in total. The second-order valence-electron chi connectivity index (χ2n) is 4.49. The highest BCUT2D eigenvalue weighted by Gasteiger charge is 2.63. The average Bonchev–Trinajstić information content (AvgIpc) is 2.12. The van der Waals surface area contributed by atoms with Crippen LogP contribution in [0.1, 0.15) is 27.7 Å². The molecule has 0 bridgehead atoms. The lowest BCUT2D eigenvalue weighted by Gasteiger charge is -2.36. The summed E-state index contributed by atoms with van der Waals surface area (Å²) >= 11 is 0. The highest BCUT2D eigenvalue weighted by atomic mass is 19.3. The summed E-state index contributed by atoms with van der Waals surface area (Å²) in [7, 11) is 0. The summed E-state index contributed by atoms with van der Waals surface area (Å²) in [6.07, 6.45) is -4.38. The van der Waals surface area contributed by atoms with E-state index >= 15 is 0 Å². The van der Waals surface area contributed by atoms with Gasteiger partial charge in [-0.25, -0.2) is 8.78 Å². The van der Waals surface area contributed by atoms with E-state index < -0.39 is 36.9 Å². The van der Waals surface area contributed by atoms with Crippen LogP contribution in [0.5, 0.6) is 0 Å². The SMILES string of the molecule is CC(C)N(CC(F)(F)C(F)(F)C(F)F)C(C)C. The van der Waals surface area contributed by atoms with Crippen LogP contribution in [0.2, 0.25) is 0 Å². The van der Waals surface area contributed by atoms with Gasteiger partial charge in [-0.3, -0.25) is 4.90 Å². The third-order valence-electron chi connectivity index (χ3n) is 2.47. The second-order valence-corrected chi connectivity index (χ2v) is 4.49. The van der Waals surface area contributed by atoms with Crippen LogP contribution in [-0.4, -0.2) is 41.8 Å². The predicted molar refractivity (Wildman–Crippen MR) is 52.9 cm³/mol. The Hall–Kier alpha value is -0.460. The number of nitrogens with zero attached hydrogens (tertiary/aromatic N) is 1. The smallest absolute Gasteiger partial charge is 0.292 e. The molecule has 0 spiro atoms. The Labute approximate surface area is 96.8 Å². The third-order valence-corrected chi connectivity index (χ3v) is 2.47. The van der Waals surface area contributed by atoms with Gasteiger partial charge in [0.25, 0.3) is 0 Å². The summed E-state index contributed by atoms with van der Waals surface area (Å²) in [6, 6.07) is -0.872. The topological polar surface area (TPSA) is 3.24 Å². The fourth-order valence-corrected chi connectivity index (χ4v) is 1.46. The molecule has 0 fully saturated rings. The molecule has 0 rings (SSSR count). The van der Waals surface area contributed by atoms with Crippen molar-refractivity contribution in [2.75, 3.05) is 6.54 Å². The molecule has 0 saturated heterocycles. The van der Waals surface area contributed by atoms with Gasteiger partial charge in [-0.2, -0.15) is 17.6 Å². The minimum Gasteiger partial charge on any atom is -0.292 e. The number of hydrogen-bond acceptors (Lipinski definition) is 1. The van der Waals surface area contributed by atoms with E-state index in [1.165, 1.54) is 27.7 Å². The van der Waals surface area contributed by atoms with Crippen LogP contribution in [0.4, 0.5) is 26.3 Å². The Kier molecular flexibility index (Phi) is 5.31. The Bertz CT molecular complexity index is 231. The van der Waals surface area contributed by atoms with E-state index in [1.54, 1.807) is 0 Å². The zero-order valence-corrected chi connectivity index (χ0v) is 10.2. The molecule has 0 N–H and O–H groups in total. The van der Waals surface area contributed by atoms with Gasteiger partial charge in [0.1, 0.15) is 0 Å². The van der Waals surface area contributed by atoms with Gasteiger partial charge in [-0.1, -0.05) is 0 Å². The van der Waals surface area contributed by atoms with Gasteiger partial charge in [0.15, 0.2) is 0 Å². The molecule has 17 heavy (non-hydrogen) atoms. The molecule has 0 aromatic carbocycles. The van der Waals surface area contributed by atoms with E-state index in [4.69, 9.17) is 0 Å². The van der Waals surface area contributed by atoms with Crippen molar-refractivity contribution in [3.63, 3.8) is 0 Å². The summed E-state index contributed by atoms with van der Waals surface area (Å²) in [4.78, 5) is 1.05. The lowest BCUT2D eigenvalue weighted by Crippen LogP contribution is -2.55. The third kappa shape index (κ3) is 3.76. The van der Waals surface area contributed by atoms with Gasteiger partial charge < -0.3 is 0 Å². The van der Waals surface area contributed by atoms with E-state index in [0.29, 0.717) is 0 Å². The number of rotatable bonds is 6. The van der Waals surface area contributed by atoms with Gasteiger partial charge in [0, 0.05) is 12.1 Å². The highest BCUT2D eigenvalue weighted by Crippen LogP contribution is 2.40. The molecule has 0 aromatic rings. The first-order valence-electron chi connectivity index (χ1n) is 5.23. The summed E-state index contributed by atoms with van der Waals surface area (Å²) in [5.74, 6) is -10.1. The Morgan fingerprint density at radius 1 is 0.882 bits per heavy atom. The zero-order chi connectivity index (χ0) is 14.0. The molecule has 0 aromatic heterocycles. The molecule has 0 amide bonds. The average molecular weight is 265 g/mol.